The van der Waals surface area contributed by atoms with Crippen LogP contribution in [0.15, 0.2) is 83.8 Å². The average molecular weight is 432 g/mol. The number of sulfone groups is 1. The van der Waals surface area contributed by atoms with Crippen LogP contribution >= 0.6 is 11.6 Å². The van der Waals surface area contributed by atoms with Crippen LogP contribution in [0.2, 0.25) is 5.02 Å². The van der Waals surface area contributed by atoms with Gasteiger partial charge in [0.1, 0.15) is 5.82 Å². The van der Waals surface area contributed by atoms with Crippen LogP contribution in [0, 0.1) is 5.82 Å². The second kappa shape index (κ2) is 9.20. The van der Waals surface area contributed by atoms with E-state index in [1.165, 1.54) is 12.1 Å². The first-order valence-corrected chi connectivity index (χ1v) is 11.0. The molecule has 1 amide bonds. The van der Waals surface area contributed by atoms with Crippen molar-refractivity contribution < 1.29 is 17.6 Å². The number of rotatable bonds is 7. The van der Waals surface area contributed by atoms with Gasteiger partial charge in [0.15, 0.2) is 9.84 Å². The number of hydrogen-bond acceptors (Lipinski definition) is 3. The summed E-state index contributed by atoms with van der Waals surface area (Å²) in [6, 6.07) is 20.6. The Morgan fingerprint density at radius 2 is 1.48 bits per heavy atom. The fourth-order valence-electron chi connectivity index (χ4n) is 2.88. The van der Waals surface area contributed by atoms with Crippen molar-refractivity contribution in [3.8, 4) is 0 Å². The third-order valence-electron chi connectivity index (χ3n) is 4.41. The van der Waals surface area contributed by atoms with E-state index in [-0.39, 0.29) is 17.1 Å². The summed E-state index contributed by atoms with van der Waals surface area (Å²) in [7, 11) is -3.69. The molecule has 0 radical (unpaired) electrons. The maximum atomic E-state index is 13.0. The average Bonchev–Trinajstić information content (AvgIpc) is 2.72. The van der Waals surface area contributed by atoms with Gasteiger partial charge in [0, 0.05) is 11.4 Å². The highest BCUT2D eigenvalue weighted by Crippen LogP contribution is 2.24. The molecule has 150 valence electrons. The molecule has 1 atom stereocenters. The fourth-order valence-corrected chi connectivity index (χ4v) is 4.25. The second-order valence-corrected chi connectivity index (χ2v) is 9.03. The maximum Gasteiger partial charge on any atom is 0.221 e. The Hall–Kier alpha value is -2.70. The molecule has 0 heterocycles. The van der Waals surface area contributed by atoms with E-state index in [0.717, 1.165) is 23.3 Å². The largest absolute Gasteiger partial charge is 0.345 e. The van der Waals surface area contributed by atoms with Gasteiger partial charge in [-0.2, -0.15) is 0 Å². The van der Waals surface area contributed by atoms with Crippen molar-refractivity contribution in [2.75, 3.05) is 5.75 Å². The van der Waals surface area contributed by atoms with E-state index in [1.54, 1.807) is 12.1 Å². The molecule has 3 aromatic carbocycles. The molecule has 29 heavy (non-hydrogen) atoms. The molecule has 0 aliphatic heterocycles. The summed E-state index contributed by atoms with van der Waals surface area (Å²) in [6.07, 6.45) is -0.212. The molecule has 0 aliphatic rings. The van der Waals surface area contributed by atoms with E-state index in [4.69, 9.17) is 11.6 Å². The highest BCUT2D eigenvalue weighted by molar-refractivity contribution is 7.91. The number of carbonyl (C=O) groups excluding carboxylic acids is 1. The lowest BCUT2D eigenvalue weighted by atomic mass is 9.98. The maximum absolute atomic E-state index is 13.0. The van der Waals surface area contributed by atoms with Crippen LogP contribution in [0.5, 0.6) is 0 Å². The van der Waals surface area contributed by atoms with Crippen LogP contribution in [-0.2, 0) is 14.6 Å². The van der Waals surface area contributed by atoms with Crippen LogP contribution in [-0.4, -0.2) is 20.1 Å². The van der Waals surface area contributed by atoms with Crippen LogP contribution in [0.3, 0.4) is 0 Å². The van der Waals surface area contributed by atoms with Gasteiger partial charge in [0.05, 0.1) is 16.7 Å². The number of nitrogens with one attached hydrogen (secondary N) is 1. The normalized spacial score (nSPS) is 12.3. The number of carbonyl (C=O) groups is 1. The van der Waals surface area contributed by atoms with Gasteiger partial charge in [-0.05, 0) is 47.5 Å². The summed E-state index contributed by atoms with van der Waals surface area (Å²) in [5, 5.41) is 3.48. The molecule has 4 nitrogen and oxygen atoms in total. The highest BCUT2D eigenvalue weighted by Gasteiger charge is 2.20. The van der Waals surface area contributed by atoms with Crippen molar-refractivity contribution in [3.05, 3.63) is 101 Å². The number of amides is 1. The second-order valence-electron chi connectivity index (χ2n) is 6.49. The van der Waals surface area contributed by atoms with E-state index in [2.05, 4.69) is 5.32 Å². The van der Waals surface area contributed by atoms with E-state index in [0.29, 0.717) is 5.02 Å². The Kier molecular flexibility index (Phi) is 6.67. The fraction of sp³-hybridized carbons (Fsp3) is 0.136. The van der Waals surface area contributed by atoms with Gasteiger partial charge in [-0.1, -0.05) is 54.1 Å². The van der Waals surface area contributed by atoms with Gasteiger partial charge in [-0.3, -0.25) is 4.79 Å². The summed E-state index contributed by atoms with van der Waals surface area (Å²) in [5.74, 6) is -1.29. The zero-order valence-electron chi connectivity index (χ0n) is 15.4. The van der Waals surface area contributed by atoms with E-state index >= 15 is 0 Å². The van der Waals surface area contributed by atoms with Gasteiger partial charge in [-0.15, -0.1) is 0 Å². The van der Waals surface area contributed by atoms with Gasteiger partial charge >= 0.3 is 0 Å². The molecule has 0 aliphatic carbocycles. The molecule has 0 spiro atoms. The summed E-state index contributed by atoms with van der Waals surface area (Å²) in [4.78, 5) is 12.5. The number of halogens is 2. The Morgan fingerprint density at radius 1 is 0.897 bits per heavy atom. The number of benzene rings is 3. The van der Waals surface area contributed by atoms with E-state index < -0.39 is 27.6 Å². The quantitative estimate of drug-likeness (QED) is 0.558. The number of hydrogen-bond donors (Lipinski definition) is 1. The third-order valence-corrected chi connectivity index (χ3v) is 6.40. The molecule has 1 N–H and O–H groups in total. The summed E-state index contributed by atoms with van der Waals surface area (Å²) in [5.41, 5.74) is 1.69. The minimum atomic E-state index is -3.69. The molecule has 3 aromatic rings. The minimum absolute atomic E-state index is 0.0102. The smallest absolute Gasteiger partial charge is 0.221 e. The van der Waals surface area contributed by atoms with Crippen molar-refractivity contribution in [3.63, 3.8) is 0 Å². The molecule has 0 saturated carbocycles. The van der Waals surface area contributed by atoms with E-state index in [9.17, 15) is 17.6 Å². The third kappa shape index (κ3) is 5.65. The van der Waals surface area contributed by atoms with Crippen molar-refractivity contribution in [1.82, 2.24) is 5.32 Å². The zero-order valence-corrected chi connectivity index (χ0v) is 17.0. The predicted molar refractivity (Wildman–Crippen MR) is 111 cm³/mol. The summed E-state index contributed by atoms with van der Waals surface area (Å²) in [6.45, 7) is 0. The lowest BCUT2D eigenvalue weighted by Crippen LogP contribution is -2.30. The van der Waals surface area contributed by atoms with Gasteiger partial charge in [0.2, 0.25) is 5.91 Å². The van der Waals surface area contributed by atoms with Crippen molar-refractivity contribution in [2.45, 2.75) is 17.4 Å². The van der Waals surface area contributed by atoms with Gasteiger partial charge in [-0.25, -0.2) is 12.8 Å². The van der Waals surface area contributed by atoms with Crippen molar-refractivity contribution in [1.29, 1.82) is 0 Å². The van der Waals surface area contributed by atoms with Crippen LogP contribution in [0.4, 0.5) is 4.39 Å². The molecular formula is C22H19ClFNO3S. The SMILES string of the molecule is O=C(CCS(=O)(=O)c1ccc(F)cc1)N[C@@H](c1ccccc1)c1ccc(Cl)cc1. The van der Waals surface area contributed by atoms with Crippen LogP contribution in [0.1, 0.15) is 23.6 Å². The minimum Gasteiger partial charge on any atom is -0.345 e. The first kappa shape index (κ1) is 21.0. The topological polar surface area (TPSA) is 63.2 Å². The predicted octanol–water partition coefficient (Wildman–Crippen LogP) is 4.55. The lowest BCUT2D eigenvalue weighted by molar-refractivity contribution is -0.121. The zero-order chi connectivity index (χ0) is 20.9. The Bertz CT molecular complexity index is 1070. The van der Waals surface area contributed by atoms with Crippen molar-refractivity contribution in [2.24, 2.45) is 0 Å². The van der Waals surface area contributed by atoms with Gasteiger partial charge < -0.3 is 5.32 Å². The standard InChI is InChI=1S/C22H19ClFNO3S/c23-18-8-6-17(7-9-18)22(16-4-2-1-3-5-16)25-21(26)14-15-29(27,28)20-12-10-19(24)11-13-20/h1-13,22H,14-15H2,(H,25,26)/t22-/m0/s1. The monoisotopic (exact) mass is 431 g/mol. The molecule has 0 saturated heterocycles. The van der Waals surface area contributed by atoms with Crippen LogP contribution in [0.25, 0.3) is 0 Å². The Labute approximate surface area is 174 Å². The summed E-state index contributed by atoms with van der Waals surface area (Å²) < 4.78 is 37.8. The van der Waals surface area contributed by atoms with Crippen molar-refractivity contribution >= 4 is 27.3 Å². The molecular weight excluding hydrogens is 413 g/mol. The highest BCUT2D eigenvalue weighted by atomic mass is 35.5. The Morgan fingerprint density at radius 3 is 2.10 bits per heavy atom. The first-order chi connectivity index (χ1) is 13.8. The molecule has 0 aromatic heterocycles. The van der Waals surface area contributed by atoms with Gasteiger partial charge in [0.25, 0.3) is 0 Å². The molecule has 3 rings (SSSR count). The Balaban J connectivity index is 1.73. The molecule has 0 fully saturated rings. The molecule has 0 bridgehead atoms. The first-order valence-electron chi connectivity index (χ1n) is 8.93. The van der Waals surface area contributed by atoms with Crippen LogP contribution < -0.4 is 5.32 Å². The summed E-state index contributed by atoms with van der Waals surface area (Å²) >= 11 is 5.96. The molecule has 0 unspecified atom stereocenters. The van der Waals surface area contributed by atoms with E-state index in [1.807, 2.05) is 42.5 Å². The lowest BCUT2D eigenvalue weighted by Gasteiger charge is -2.20. The molecule has 7 heteroatoms.